The van der Waals surface area contributed by atoms with Crippen LogP contribution in [0.5, 0.6) is 0 Å². The number of ether oxygens (including phenoxy) is 1. The third-order valence-electron chi connectivity index (χ3n) is 4.76. The Morgan fingerprint density at radius 2 is 2.00 bits per heavy atom. The molecular weight excluding hydrogens is 312 g/mol. The molecule has 1 saturated heterocycles. The number of hydrogen-bond acceptors (Lipinski definition) is 3. The number of rotatable bonds is 1. The second-order valence-corrected chi connectivity index (χ2v) is 8.29. The highest BCUT2D eigenvalue weighted by atomic mass is 16.6. The summed E-state index contributed by atoms with van der Waals surface area (Å²) in [6, 6.07) is 8.47. The predicted octanol–water partition coefficient (Wildman–Crippen LogP) is 4.90. The number of benzene rings is 1. The minimum atomic E-state index is -0.465. The maximum absolute atomic E-state index is 12.5. The Morgan fingerprint density at radius 3 is 2.72 bits per heavy atom. The van der Waals surface area contributed by atoms with Crippen molar-refractivity contribution < 1.29 is 9.53 Å². The molecule has 0 spiro atoms. The van der Waals surface area contributed by atoms with Crippen LogP contribution < -0.4 is 0 Å². The molecule has 1 aliphatic rings. The zero-order valence-corrected chi connectivity index (χ0v) is 15.9. The van der Waals surface area contributed by atoms with E-state index in [1.165, 1.54) is 16.5 Å². The van der Waals surface area contributed by atoms with E-state index in [9.17, 15) is 4.79 Å². The number of carbonyl (C=O) groups excluding carboxylic acids is 1. The first-order valence-corrected chi connectivity index (χ1v) is 9.07. The Morgan fingerprint density at radius 1 is 1.24 bits per heavy atom. The van der Waals surface area contributed by atoms with Gasteiger partial charge in [0.1, 0.15) is 5.60 Å². The summed E-state index contributed by atoms with van der Waals surface area (Å²) in [6.07, 6.45) is 2.71. The normalized spacial score (nSPS) is 21.4. The smallest absolute Gasteiger partial charge is 0.410 e. The number of fused-ring (bicyclic) bond motifs is 1. The lowest BCUT2D eigenvalue weighted by Gasteiger charge is -2.37. The van der Waals surface area contributed by atoms with Crippen molar-refractivity contribution in [3.63, 3.8) is 0 Å². The molecule has 2 heterocycles. The fraction of sp³-hybridized carbons (Fsp3) is 0.524. The molecule has 0 N–H and O–H groups in total. The number of hydrogen-bond donors (Lipinski definition) is 0. The largest absolute Gasteiger partial charge is 0.444 e. The molecule has 1 aliphatic heterocycles. The summed E-state index contributed by atoms with van der Waals surface area (Å²) in [4.78, 5) is 19.0. The number of aryl methyl sites for hydroxylation is 1. The quantitative estimate of drug-likeness (QED) is 0.741. The second kappa shape index (κ2) is 6.66. The van der Waals surface area contributed by atoms with Crippen molar-refractivity contribution in [1.29, 1.82) is 0 Å². The van der Waals surface area contributed by atoms with Gasteiger partial charge in [-0.2, -0.15) is 0 Å². The van der Waals surface area contributed by atoms with Gasteiger partial charge in [0.25, 0.3) is 0 Å². The van der Waals surface area contributed by atoms with Crippen molar-refractivity contribution in [3.8, 4) is 0 Å². The Balaban J connectivity index is 1.90. The zero-order chi connectivity index (χ0) is 18.2. The van der Waals surface area contributed by atoms with Crippen LogP contribution in [0.3, 0.4) is 0 Å². The summed E-state index contributed by atoms with van der Waals surface area (Å²) in [6.45, 7) is 11.5. The highest BCUT2D eigenvalue weighted by Gasteiger charge is 2.32. The fourth-order valence-corrected chi connectivity index (χ4v) is 3.74. The van der Waals surface area contributed by atoms with E-state index >= 15 is 0 Å². The lowest BCUT2D eigenvalue weighted by Crippen LogP contribution is -2.45. The number of carbonyl (C=O) groups is 1. The molecule has 0 radical (unpaired) electrons. The Hall–Kier alpha value is -2.10. The second-order valence-electron chi connectivity index (χ2n) is 8.29. The third-order valence-corrected chi connectivity index (χ3v) is 4.76. The SMILES string of the molecule is Cc1ccc(C2CC(C)CN(C(=O)OC(C)(C)C)C2)c2cccnc12. The van der Waals surface area contributed by atoms with Gasteiger partial charge < -0.3 is 9.64 Å². The summed E-state index contributed by atoms with van der Waals surface area (Å²) in [7, 11) is 0. The van der Waals surface area contributed by atoms with Crippen LogP contribution in [0, 0.1) is 12.8 Å². The van der Waals surface area contributed by atoms with E-state index in [-0.39, 0.29) is 6.09 Å². The van der Waals surface area contributed by atoms with Crippen molar-refractivity contribution in [2.75, 3.05) is 13.1 Å². The minimum Gasteiger partial charge on any atom is -0.444 e. The summed E-state index contributed by atoms with van der Waals surface area (Å²) >= 11 is 0. The highest BCUT2D eigenvalue weighted by Crippen LogP contribution is 2.35. The van der Waals surface area contributed by atoms with Gasteiger partial charge in [-0.05, 0) is 57.2 Å². The molecule has 3 rings (SSSR count). The summed E-state index contributed by atoms with van der Waals surface area (Å²) < 4.78 is 5.59. The minimum absolute atomic E-state index is 0.210. The maximum Gasteiger partial charge on any atom is 0.410 e. The third kappa shape index (κ3) is 3.94. The van der Waals surface area contributed by atoms with Crippen LogP contribution in [-0.4, -0.2) is 34.7 Å². The van der Waals surface area contributed by atoms with Gasteiger partial charge in [0.2, 0.25) is 0 Å². The van der Waals surface area contributed by atoms with Crippen LogP contribution in [-0.2, 0) is 4.74 Å². The van der Waals surface area contributed by atoms with Gasteiger partial charge >= 0.3 is 6.09 Å². The van der Waals surface area contributed by atoms with E-state index in [0.29, 0.717) is 18.4 Å². The molecule has 134 valence electrons. The molecule has 1 fully saturated rings. The lowest BCUT2D eigenvalue weighted by atomic mass is 9.83. The van der Waals surface area contributed by atoms with Gasteiger partial charge in [0.05, 0.1) is 5.52 Å². The Kier molecular flexibility index (Phi) is 4.72. The fourth-order valence-electron chi connectivity index (χ4n) is 3.74. The summed E-state index contributed by atoms with van der Waals surface area (Å²) in [5, 5.41) is 1.20. The van der Waals surface area contributed by atoms with Crippen LogP contribution in [0.15, 0.2) is 30.5 Å². The van der Waals surface area contributed by atoms with Crippen molar-refractivity contribution in [2.24, 2.45) is 5.92 Å². The van der Waals surface area contributed by atoms with Crippen LogP contribution in [0.1, 0.15) is 51.2 Å². The molecule has 1 amide bonds. The van der Waals surface area contributed by atoms with E-state index in [1.807, 2.05) is 37.9 Å². The van der Waals surface area contributed by atoms with E-state index in [2.05, 4.69) is 37.0 Å². The number of piperidine rings is 1. The molecule has 2 aromatic rings. The molecule has 2 atom stereocenters. The topological polar surface area (TPSA) is 42.4 Å². The van der Waals surface area contributed by atoms with Crippen LogP contribution >= 0.6 is 0 Å². The van der Waals surface area contributed by atoms with Crippen molar-refractivity contribution in [1.82, 2.24) is 9.88 Å². The summed E-state index contributed by atoms with van der Waals surface area (Å²) in [5.74, 6) is 0.753. The molecule has 2 unspecified atom stereocenters. The maximum atomic E-state index is 12.5. The van der Waals surface area contributed by atoms with Crippen LogP contribution in [0.4, 0.5) is 4.79 Å². The number of likely N-dealkylation sites (tertiary alicyclic amines) is 1. The molecule has 25 heavy (non-hydrogen) atoms. The zero-order valence-electron chi connectivity index (χ0n) is 15.9. The van der Waals surface area contributed by atoms with Gasteiger partial charge in [-0.25, -0.2) is 4.79 Å². The monoisotopic (exact) mass is 340 g/mol. The van der Waals surface area contributed by atoms with Crippen LogP contribution in [0.2, 0.25) is 0 Å². The van der Waals surface area contributed by atoms with Gasteiger partial charge in [-0.1, -0.05) is 25.1 Å². The molecule has 1 aromatic carbocycles. The molecule has 0 saturated carbocycles. The first-order chi connectivity index (χ1) is 11.7. The Labute approximate surface area is 150 Å². The molecular formula is C21H28N2O2. The highest BCUT2D eigenvalue weighted by molar-refractivity contribution is 5.85. The van der Waals surface area contributed by atoms with Gasteiger partial charge in [-0.3, -0.25) is 4.98 Å². The average Bonchev–Trinajstić information content (AvgIpc) is 2.53. The Bertz CT molecular complexity index is 779. The van der Waals surface area contributed by atoms with Gasteiger partial charge in [0, 0.05) is 30.6 Å². The van der Waals surface area contributed by atoms with Gasteiger partial charge in [-0.15, -0.1) is 0 Å². The number of nitrogens with zero attached hydrogens (tertiary/aromatic N) is 2. The lowest BCUT2D eigenvalue weighted by molar-refractivity contribution is 0.0152. The van der Waals surface area contributed by atoms with E-state index in [0.717, 1.165) is 18.5 Å². The average molecular weight is 340 g/mol. The standard InChI is InChI=1S/C21H28N2O2/c1-14-11-16(13-23(12-14)20(24)25-21(3,4)5)17-9-8-15(2)19-18(17)7-6-10-22-19/h6-10,14,16H,11-13H2,1-5H3. The van der Waals surface area contributed by atoms with Gasteiger partial charge in [0.15, 0.2) is 0 Å². The molecule has 4 nitrogen and oxygen atoms in total. The first-order valence-electron chi connectivity index (χ1n) is 9.07. The number of pyridine rings is 1. The first kappa shape index (κ1) is 17.7. The van der Waals surface area contributed by atoms with E-state index in [1.54, 1.807) is 0 Å². The molecule has 0 bridgehead atoms. The predicted molar refractivity (Wildman–Crippen MR) is 101 cm³/mol. The van der Waals surface area contributed by atoms with Crippen molar-refractivity contribution >= 4 is 17.0 Å². The number of aromatic nitrogens is 1. The van der Waals surface area contributed by atoms with Crippen molar-refractivity contribution in [2.45, 2.75) is 52.6 Å². The molecule has 1 aromatic heterocycles. The van der Waals surface area contributed by atoms with E-state index in [4.69, 9.17) is 4.74 Å². The van der Waals surface area contributed by atoms with Crippen molar-refractivity contribution in [3.05, 3.63) is 41.6 Å². The number of amides is 1. The summed E-state index contributed by atoms with van der Waals surface area (Å²) in [5.41, 5.74) is 3.07. The molecule has 0 aliphatic carbocycles. The van der Waals surface area contributed by atoms with Crippen LogP contribution in [0.25, 0.3) is 10.9 Å². The van der Waals surface area contributed by atoms with E-state index < -0.39 is 5.60 Å². The molecule has 4 heteroatoms.